The molecule has 0 aliphatic rings. The Labute approximate surface area is 213 Å². The summed E-state index contributed by atoms with van der Waals surface area (Å²) in [6, 6.07) is 8.62. The third-order valence-corrected chi connectivity index (χ3v) is 6.22. The van der Waals surface area contributed by atoms with Crippen molar-refractivity contribution in [2.75, 3.05) is 0 Å². The molecule has 2 rings (SSSR count). The van der Waals surface area contributed by atoms with Crippen molar-refractivity contribution in [2.24, 2.45) is 5.92 Å². The Morgan fingerprint density at radius 3 is 1.97 bits per heavy atom. The highest BCUT2D eigenvalue weighted by Crippen LogP contribution is 2.21. The monoisotopic (exact) mass is 517 g/mol. The minimum absolute atomic E-state index is 0.0185. The van der Waals surface area contributed by atoms with Gasteiger partial charge in [-0.1, -0.05) is 95.4 Å². The summed E-state index contributed by atoms with van der Waals surface area (Å²) in [6.07, 6.45) is 8.43. The molecule has 3 heteroatoms. The third-order valence-electron chi connectivity index (χ3n) is 5.36. The number of pyridine rings is 1. The van der Waals surface area contributed by atoms with Crippen LogP contribution in [0.1, 0.15) is 102 Å². The fraction of sp³-hybridized carbons (Fsp3) is 0.533. The van der Waals surface area contributed by atoms with Crippen molar-refractivity contribution in [1.29, 1.82) is 0 Å². The van der Waals surface area contributed by atoms with E-state index < -0.39 is 0 Å². The molecule has 2 nitrogen and oxygen atoms in total. The number of hydrogen-bond acceptors (Lipinski definition) is 2. The fourth-order valence-electron chi connectivity index (χ4n) is 2.74. The maximum atomic E-state index is 9.69. The zero-order valence-corrected chi connectivity index (χ0v) is 24.5. The van der Waals surface area contributed by atoms with E-state index in [0.29, 0.717) is 5.92 Å². The first-order chi connectivity index (χ1) is 15.4. The molecule has 0 saturated heterocycles. The summed E-state index contributed by atoms with van der Waals surface area (Å²) in [6.45, 7) is 24.3. The summed E-state index contributed by atoms with van der Waals surface area (Å²) < 4.78 is 1.22. The van der Waals surface area contributed by atoms with Crippen LogP contribution >= 0.6 is 15.9 Å². The maximum Gasteiger partial charge on any atom is 0.152 e. The summed E-state index contributed by atoms with van der Waals surface area (Å²) in [5.74, 6) is 1.56. The number of ketones is 1. The molecule has 1 atom stereocenters. The zero-order chi connectivity index (χ0) is 26.0. The summed E-state index contributed by atoms with van der Waals surface area (Å²) >= 11 is 3.51. The van der Waals surface area contributed by atoms with E-state index in [4.69, 9.17) is 0 Å². The van der Waals surface area contributed by atoms with Crippen LogP contribution in [0, 0.1) is 26.7 Å². The number of hydrogen-bond donors (Lipinski definition) is 0. The van der Waals surface area contributed by atoms with Crippen molar-refractivity contribution in [3.05, 3.63) is 75.5 Å². The second-order valence-electron chi connectivity index (χ2n) is 8.89. The van der Waals surface area contributed by atoms with Crippen LogP contribution in [0.2, 0.25) is 0 Å². The number of nitrogens with zero attached hydrogens (tertiary/aromatic N) is 1. The molecule has 0 fully saturated rings. The van der Waals surface area contributed by atoms with Gasteiger partial charge in [0, 0.05) is 16.4 Å². The van der Waals surface area contributed by atoms with Gasteiger partial charge in [-0.25, -0.2) is 0 Å². The normalized spacial score (nSPS) is 10.5. The standard InChI is InChI=1S/C10H13Br.C9H13N.C7H16.C4H6O/c1-4-9-5-8(3)10(11)6-7(9)2;1-7(2)9-5-4-8(3)10-6-9;1-4-6-7(3)5-2;1-3-4(2)5/h5-6H,4H2,1-3H3;4-7H,1-3H3;7H,4-6H2,1-3H3;3H,1H2,2H3. The van der Waals surface area contributed by atoms with Gasteiger partial charge in [0.05, 0.1) is 0 Å². The van der Waals surface area contributed by atoms with Gasteiger partial charge in [0.25, 0.3) is 0 Å². The molecule has 0 bridgehead atoms. The van der Waals surface area contributed by atoms with Crippen LogP contribution in [0.5, 0.6) is 0 Å². The molecule has 0 radical (unpaired) electrons. The Kier molecular flexibility index (Phi) is 20.0. The molecule has 186 valence electrons. The first kappa shape index (κ1) is 33.4. The first-order valence-electron chi connectivity index (χ1n) is 12.2. The van der Waals surface area contributed by atoms with Gasteiger partial charge in [0.2, 0.25) is 0 Å². The first-order valence-corrected chi connectivity index (χ1v) is 13.0. The van der Waals surface area contributed by atoms with Crippen molar-refractivity contribution in [3.8, 4) is 0 Å². The number of carbonyl (C=O) groups is 1. The van der Waals surface area contributed by atoms with E-state index in [2.05, 4.69) is 107 Å². The van der Waals surface area contributed by atoms with Crippen LogP contribution in [0.4, 0.5) is 0 Å². The van der Waals surface area contributed by atoms with Gasteiger partial charge < -0.3 is 0 Å². The van der Waals surface area contributed by atoms with E-state index in [-0.39, 0.29) is 5.78 Å². The average molecular weight is 519 g/mol. The van der Waals surface area contributed by atoms with Gasteiger partial charge in [-0.15, -0.1) is 0 Å². The van der Waals surface area contributed by atoms with Crippen molar-refractivity contribution in [2.45, 2.75) is 101 Å². The molecule has 0 aliphatic carbocycles. The van der Waals surface area contributed by atoms with Crippen LogP contribution in [0.15, 0.2) is 47.6 Å². The Hall–Kier alpha value is -1.74. The van der Waals surface area contributed by atoms with Crippen LogP contribution in [0.25, 0.3) is 0 Å². The van der Waals surface area contributed by atoms with Gasteiger partial charge in [-0.3, -0.25) is 9.78 Å². The van der Waals surface area contributed by atoms with E-state index in [9.17, 15) is 4.79 Å². The lowest BCUT2D eigenvalue weighted by Crippen LogP contribution is -1.88. The SMILES string of the molecule is C=CC(C)=O.CCCC(C)CC.CCc1cc(C)c(Br)cc1C.Cc1ccc(C(C)C)cn1. The number of carbonyl (C=O) groups excluding carboxylic acids is 1. The smallest absolute Gasteiger partial charge is 0.152 e. The number of halogens is 1. The second-order valence-corrected chi connectivity index (χ2v) is 9.74. The second kappa shape index (κ2) is 19.7. The number of allylic oxidation sites excluding steroid dienone is 1. The molecule has 1 heterocycles. The molecule has 1 unspecified atom stereocenters. The van der Waals surface area contributed by atoms with Gasteiger partial charge >= 0.3 is 0 Å². The predicted octanol–water partition coefficient (Wildman–Crippen LogP) is 9.74. The minimum atomic E-state index is 0.0185. The molecule has 1 aromatic carbocycles. The highest BCUT2D eigenvalue weighted by atomic mass is 79.9. The van der Waals surface area contributed by atoms with Crippen molar-refractivity contribution in [3.63, 3.8) is 0 Å². The lowest BCUT2D eigenvalue weighted by Gasteiger charge is -2.05. The van der Waals surface area contributed by atoms with Gasteiger partial charge in [-0.2, -0.15) is 0 Å². The maximum absolute atomic E-state index is 9.69. The molecule has 1 aromatic heterocycles. The Bertz CT molecular complexity index is 794. The molecular weight excluding hydrogens is 470 g/mol. The lowest BCUT2D eigenvalue weighted by atomic mass is 10.0. The molecule has 0 spiro atoms. The molecule has 0 amide bonds. The fourth-order valence-corrected chi connectivity index (χ4v) is 3.20. The molecule has 2 aromatic rings. The molecule has 0 aliphatic heterocycles. The third kappa shape index (κ3) is 17.4. The van der Waals surface area contributed by atoms with Crippen molar-refractivity contribution >= 4 is 21.7 Å². The van der Waals surface area contributed by atoms with Gasteiger partial charge in [-0.05, 0) is 86.4 Å². The quantitative estimate of drug-likeness (QED) is 0.356. The van der Waals surface area contributed by atoms with E-state index in [1.807, 2.05) is 13.1 Å². The number of rotatable bonds is 6. The topological polar surface area (TPSA) is 30.0 Å². The Balaban J connectivity index is 0. The summed E-state index contributed by atoms with van der Waals surface area (Å²) in [7, 11) is 0. The largest absolute Gasteiger partial charge is 0.295 e. The van der Waals surface area contributed by atoms with E-state index in [0.717, 1.165) is 18.0 Å². The predicted molar refractivity (Wildman–Crippen MR) is 151 cm³/mol. The van der Waals surface area contributed by atoms with Crippen LogP contribution < -0.4 is 0 Å². The van der Waals surface area contributed by atoms with E-state index >= 15 is 0 Å². The summed E-state index contributed by atoms with van der Waals surface area (Å²) in [4.78, 5) is 13.9. The zero-order valence-electron chi connectivity index (χ0n) is 22.9. The highest BCUT2D eigenvalue weighted by molar-refractivity contribution is 9.10. The lowest BCUT2D eigenvalue weighted by molar-refractivity contribution is -0.112. The van der Waals surface area contributed by atoms with Crippen molar-refractivity contribution in [1.82, 2.24) is 4.98 Å². The van der Waals surface area contributed by atoms with E-state index in [1.54, 1.807) is 0 Å². The number of aromatic nitrogens is 1. The van der Waals surface area contributed by atoms with Crippen LogP contribution in [-0.2, 0) is 11.2 Å². The average Bonchev–Trinajstić information content (AvgIpc) is 2.78. The van der Waals surface area contributed by atoms with Crippen LogP contribution in [0.3, 0.4) is 0 Å². The van der Waals surface area contributed by atoms with Gasteiger partial charge in [0.1, 0.15) is 0 Å². The number of aryl methyl sites for hydroxylation is 4. The summed E-state index contributed by atoms with van der Waals surface area (Å²) in [5, 5.41) is 0. The Morgan fingerprint density at radius 1 is 1.06 bits per heavy atom. The highest BCUT2D eigenvalue weighted by Gasteiger charge is 1.99. The Morgan fingerprint density at radius 2 is 1.64 bits per heavy atom. The van der Waals surface area contributed by atoms with Crippen molar-refractivity contribution < 1.29 is 4.79 Å². The molecule has 0 N–H and O–H groups in total. The minimum Gasteiger partial charge on any atom is -0.295 e. The molecular formula is C30H48BrNO. The van der Waals surface area contributed by atoms with Crippen LogP contribution in [-0.4, -0.2) is 10.8 Å². The molecule has 33 heavy (non-hydrogen) atoms. The van der Waals surface area contributed by atoms with Gasteiger partial charge in [0.15, 0.2) is 5.78 Å². The number of benzene rings is 1. The van der Waals surface area contributed by atoms with E-state index in [1.165, 1.54) is 59.0 Å². The molecule has 0 saturated carbocycles. The summed E-state index contributed by atoms with van der Waals surface area (Å²) in [5.41, 5.74) is 6.55.